The largest absolute Gasteiger partial charge is 0.507 e. The topological polar surface area (TPSA) is 82.3 Å². The molecule has 1 heterocycles. The number of amides is 2. The molecule has 0 saturated carbocycles. The summed E-state index contributed by atoms with van der Waals surface area (Å²) in [5, 5.41) is 19.2. The molecule has 0 radical (unpaired) electrons. The summed E-state index contributed by atoms with van der Waals surface area (Å²) in [4.78, 5) is 26.7. The van der Waals surface area contributed by atoms with Crippen molar-refractivity contribution in [3.8, 4) is 5.75 Å². The summed E-state index contributed by atoms with van der Waals surface area (Å²) in [6.07, 6.45) is 1.47. The number of carbonyl (C=O) groups excluding carboxylic acids is 2. The first-order chi connectivity index (χ1) is 16.2. The second kappa shape index (κ2) is 10.0. The van der Waals surface area contributed by atoms with Crippen molar-refractivity contribution in [1.29, 1.82) is 0 Å². The van der Waals surface area contributed by atoms with Crippen LogP contribution < -0.4 is 0 Å². The van der Waals surface area contributed by atoms with Crippen LogP contribution in [0.2, 0.25) is 10.0 Å². The van der Waals surface area contributed by atoms with E-state index in [0.29, 0.717) is 32.5 Å². The van der Waals surface area contributed by atoms with E-state index >= 15 is 0 Å². The molecule has 6 nitrogen and oxygen atoms in total. The molecule has 9 heteroatoms. The van der Waals surface area contributed by atoms with Gasteiger partial charge in [0.2, 0.25) is 0 Å². The van der Waals surface area contributed by atoms with Crippen LogP contribution in [0.4, 0.5) is 16.2 Å². The van der Waals surface area contributed by atoms with Gasteiger partial charge in [0, 0.05) is 15.6 Å². The number of carbonyl (C=O) groups is 2. The summed E-state index contributed by atoms with van der Waals surface area (Å²) in [6.45, 7) is 4.05. The van der Waals surface area contributed by atoms with E-state index in [4.69, 9.17) is 23.2 Å². The highest BCUT2D eigenvalue weighted by molar-refractivity contribution is 8.18. The molecular weight excluding hydrogens is 493 g/mol. The fourth-order valence-corrected chi connectivity index (χ4v) is 4.52. The van der Waals surface area contributed by atoms with Crippen molar-refractivity contribution in [2.24, 2.45) is 10.2 Å². The fraction of sp³-hybridized carbons (Fsp3) is 0.120. The summed E-state index contributed by atoms with van der Waals surface area (Å²) in [5.41, 5.74) is 4.43. The first-order valence-corrected chi connectivity index (χ1v) is 11.8. The van der Waals surface area contributed by atoms with Gasteiger partial charge in [-0.15, -0.1) is 0 Å². The van der Waals surface area contributed by atoms with E-state index in [2.05, 4.69) is 10.2 Å². The number of azo groups is 1. The number of hydrogen-bond acceptors (Lipinski definition) is 6. The van der Waals surface area contributed by atoms with E-state index in [1.54, 1.807) is 30.3 Å². The number of rotatable bonds is 5. The van der Waals surface area contributed by atoms with E-state index in [0.717, 1.165) is 27.8 Å². The summed E-state index contributed by atoms with van der Waals surface area (Å²) in [5.74, 6) is -0.514. The fourth-order valence-electron chi connectivity index (χ4n) is 3.22. The number of hydrogen-bond donors (Lipinski definition) is 1. The predicted molar refractivity (Wildman–Crippen MR) is 136 cm³/mol. The van der Waals surface area contributed by atoms with Crippen molar-refractivity contribution in [3.05, 3.63) is 91.8 Å². The Morgan fingerprint density at radius 3 is 2.35 bits per heavy atom. The van der Waals surface area contributed by atoms with E-state index in [1.807, 2.05) is 32.0 Å². The van der Waals surface area contributed by atoms with Crippen LogP contribution >= 0.6 is 35.0 Å². The minimum absolute atomic E-state index is 0.0220. The third-order valence-corrected chi connectivity index (χ3v) is 6.78. The highest BCUT2D eigenvalue weighted by atomic mass is 35.5. The van der Waals surface area contributed by atoms with Gasteiger partial charge in [0.1, 0.15) is 5.75 Å². The highest BCUT2D eigenvalue weighted by Gasteiger charge is 2.35. The predicted octanol–water partition coefficient (Wildman–Crippen LogP) is 7.97. The number of phenolic OH excluding ortho intramolecular Hbond substituents is 1. The van der Waals surface area contributed by atoms with E-state index in [9.17, 15) is 14.7 Å². The number of thioether (sulfide) groups is 1. The van der Waals surface area contributed by atoms with Crippen LogP contribution in [0.15, 0.2) is 69.7 Å². The lowest BCUT2D eigenvalue weighted by molar-refractivity contribution is -0.123. The van der Waals surface area contributed by atoms with Gasteiger partial charge in [-0.2, -0.15) is 10.2 Å². The van der Waals surface area contributed by atoms with Gasteiger partial charge >= 0.3 is 0 Å². The molecule has 2 amide bonds. The van der Waals surface area contributed by atoms with Gasteiger partial charge in [-0.25, -0.2) is 0 Å². The molecule has 3 aromatic carbocycles. The molecule has 1 fully saturated rings. The summed E-state index contributed by atoms with van der Waals surface area (Å²) >= 11 is 12.9. The van der Waals surface area contributed by atoms with Crippen LogP contribution in [-0.2, 0) is 11.3 Å². The van der Waals surface area contributed by atoms with Gasteiger partial charge in [-0.05, 0) is 90.8 Å². The summed E-state index contributed by atoms with van der Waals surface area (Å²) < 4.78 is 0. The molecule has 1 aliphatic rings. The number of aryl methyl sites for hydroxylation is 2. The van der Waals surface area contributed by atoms with Crippen molar-refractivity contribution in [1.82, 2.24) is 4.90 Å². The Balaban J connectivity index is 1.56. The number of halogens is 2. The van der Waals surface area contributed by atoms with Crippen molar-refractivity contribution < 1.29 is 14.7 Å². The van der Waals surface area contributed by atoms with Gasteiger partial charge in [0.25, 0.3) is 11.1 Å². The molecular formula is C25H19Cl2N3O3S. The highest BCUT2D eigenvalue weighted by Crippen LogP contribution is 2.36. The summed E-state index contributed by atoms with van der Waals surface area (Å²) in [7, 11) is 0. The molecule has 0 aromatic heterocycles. The second-order valence-corrected chi connectivity index (χ2v) is 9.55. The molecule has 3 aromatic rings. The Hall–Kier alpha value is -3.13. The number of nitrogens with zero attached hydrogens (tertiary/aromatic N) is 3. The molecule has 0 unspecified atom stereocenters. The van der Waals surface area contributed by atoms with Gasteiger partial charge in [-0.1, -0.05) is 35.3 Å². The lowest BCUT2D eigenvalue weighted by Gasteiger charge is -2.13. The van der Waals surface area contributed by atoms with Crippen LogP contribution in [0.25, 0.3) is 6.08 Å². The van der Waals surface area contributed by atoms with E-state index < -0.39 is 11.1 Å². The standard InChI is InChI=1S/C25H19Cl2N3O3S/c1-14-3-6-19(9-15(14)2)28-29-20-7-8-22(31)17(10-20)11-23-24(32)30(25(33)34-23)13-16-4-5-18(26)12-21(16)27/h3-12,31H,13H2,1-2H3/b23-11-,29-28?. The van der Waals surface area contributed by atoms with Crippen LogP contribution in [0, 0.1) is 13.8 Å². The van der Waals surface area contributed by atoms with E-state index in [-0.39, 0.29) is 17.2 Å². The molecule has 4 rings (SSSR count). The van der Waals surface area contributed by atoms with Gasteiger partial charge in [-0.3, -0.25) is 14.5 Å². The van der Waals surface area contributed by atoms with Gasteiger partial charge in [0.15, 0.2) is 0 Å². The molecule has 172 valence electrons. The normalized spacial score (nSPS) is 15.2. The Morgan fingerprint density at radius 1 is 0.941 bits per heavy atom. The van der Waals surface area contributed by atoms with Crippen LogP contribution in [0.5, 0.6) is 5.75 Å². The molecule has 0 spiro atoms. The molecule has 1 aliphatic heterocycles. The summed E-state index contributed by atoms with van der Waals surface area (Å²) in [6, 6.07) is 15.3. The Kier molecular flexibility index (Phi) is 7.07. The Labute approximate surface area is 210 Å². The quantitative estimate of drug-likeness (QED) is 0.278. The second-order valence-electron chi connectivity index (χ2n) is 7.72. The lowest BCUT2D eigenvalue weighted by atomic mass is 10.1. The maximum atomic E-state index is 12.9. The first-order valence-electron chi connectivity index (χ1n) is 10.2. The van der Waals surface area contributed by atoms with Crippen LogP contribution in [-0.4, -0.2) is 21.2 Å². The average molecular weight is 512 g/mol. The lowest BCUT2D eigenvalue weighted by Crippen LogP contribution is -2.27. The zero-order valence-electron chi connectivity index (χ0n) is 18.3. The number of aromatic hydroxyl groups is 1. The maximum absolute atomic E-state index is 12.9. The molecule has 0 bridgehead atoms. The maximum Gasteiger partial charge on any atom is 0.293 e. The van der Waals surface area contributed by atoms with E-state index in [1.165, 1.54) is 12.1 Å². The van der Waals surface area contributed by atoms with Crippen molar-refractivity contribution in [3.63, 3.8) is 0 Å². The Morgan fingerprint density at radius 2 is 1.65 bits per heavy atom. The van der Waals surface area contributed by atoms with Crippen molar-refractivity contribution in [2.45, 2.75) is 20.4 Å². The molecule has 34 heavy (non-hydrogen) atoms. The number of phenols is 1. The van der Waals surface area contributed by atoms with Crippen LogP contribution in [0.1, 0.15) is 22.3 Å². The minimum Gasteiger partial charge on any atom is -0.507 e. The van der Waals surface area contributed by atoms with Crippen LogP contribution in [0.3, 0.4) is 0 Å². The third kappa shape index (κ3) is 5.33. The third-order valence-electron chi connectivity index (χ3n) is 5.29. The number of benzene rings is 3. The first kappa shape index (κ1) is 24.0. The SMILES string of the molecule is Cc1ccc(N=Nc2ccc(O)c(/C=C3\SC(=O)N(Cc4ccc(Cl)cc4Cl)C3=O)c2)cc1C. The zero-order chi connectivity index (χ0) is 24.4. The molecule has 0 aliphatic carbocycles. The monoisotopic (exact) mass is 511 g/mol. The smallest absolute Gasteiger partial charge is 0.293 e. The molecule has 1 saturated heterocycles. The van der Waals surface area contributed by atoms with Gasteiger partial charge < -0.3 is 5.11 Å². The minimum atomic E-state index is -0.470. The number of imide groups is 1. The molecule has 0 atom stereocenters. The zero-order valence-corrected chi connectivity index (χ0v) is 20.6. The van der Waals surface area contributed by atoms with Crippen molar-refractivity contribution in [2.75, 3.05) is 0 Å². The van der Waals surface area contributed by atoms with Crippen molar-refractivity contribution >= 4 is 63.6 Å². The van der Waals surface area contributed by atoms with Gasteiger partial charge in [0.05, 0.1) is 22.8 Å². The molecule has 1 N–H and O–H groups in total. The Bertz CT molecular complexity index is 1370. The average Bonchev–Trinajstić information content (AvgIpc) is 3.05.